The van der Waals surface area contributed by atoms with Crippen LogP contribution in [0.4, 0.5) is 0 Å². The van der Waals surface area contributed by atoms with Crippen molar-refractivity contribution in [3.8, 4) is 5.75 Å². The number of benzene rings is 1. The van der Waals surface area contributed by atoms with Crippen molar-refractivity contribution in [2.45, 2.75) is 6.92 Å². The molecule has 0 aliphatic rings. The van der Waals surface area contributed by atoms with Crippen molar-refractivity contribution in [2.75, 3.05) is 0 Å². The molecule has 0 aliphatic carbocycles. The number of hydrogen-bond acceptors (Lipinski definition) is 3. The van der Waals surface area contributed by atoms with Gasteiger partial charge >= 0.3 is 174 Å². The van der Waals surface area contributed by atoms with Gasteiger partial charge in [-0.05, 0) is 24.6 Å². The van der Waals surface area contributed by atoms with Gasteiger partial charge in [-0.15, -0.1) is 41.0 Å². The summed E-state index contributed by atoms with van der Waals surface area (Å²) in [4.78, 5) is 21.2. The Bertz CT molecular complexity index is 417. The van der Waals surface area contributed by atoms with Crippen LogP contribution < -0.4 is 162 Å². The van der Waals surface area contributed by atoms with E-state index in [9.17, 15) is 14.7 Å². The first-order chi connectivity index (χ1) is 6.43. The van der Waals surface area contributed by atoms with Crippen molar-refractivity contribution in [3.05, 3.63) is 28.8 Å². The van der Waals surface area contributed by atoms with Gasteiger partial charge in [-0.3, -0.25) is 0 Å². The summed E-state index contributed by atoms with van der Waals surface area (Å²) < 4.78 is 0. The van der Waals surface area contributed by atoms with Crippen LogP contribution >= 0.6 is 41.0 Å². The van der Waals surface area contributed by atoms with E-state index in [2.05, 4.69) is 0 Å². The summed E-state index contributed by atoms with van der Waals surface area (Å²) in [5.41, 5.74) is -0.215. The fourth-order valence-electron chi connectivity index (χ4n) is 1.09. The molecule has 0 amide bonds. The summed E-state index contributed by atoms with van der Waals surface area (Å²) in [6.07, 6.45) is 0. The molecule has 3 N–H and O–H groups in total. The molecule has 1 aromatic rings. The molecule has 0 bridgehead atoms. The molecule has 98 valence electrons. The summed E-state index contributed by atoms with van der Waals surface area (Å²) in [6, 6.07) is 2.06. The minimum atomic E-state index is -1.36. The Labute approximate surface area is 279 Å². The van der Waals surface area contributed by atoms with E-state index in [1.807, 2.05) is 0 Å². The first kappa shape index (κ1) is 39.5. The second-order valence-corrected chi connectivity index (χ2v) is 2.79. The average Bonchev–Trinajstić information content (AvgIpc) is 2.02. The molecule has 11 heteroatoms. The van der Waals surface area contributed by atoms with Gasteiger partial charge in [0, 0.05) is 0 Å². The fourth-order valence-corrected chi connectivity index (χ4v) is 1.09. The number of rotatable bonds is 2. The maximum absolute atomic E-state index is 10.6. The fraction of sp³-hybridized carbons (Fsp3) is 0.111. The van der Waals surface area contributed by atoms with Gasteiger partial charge in [-0.2, -0.15) is 0 Å². The molecular weight excluding hydrogens is 519 g/mol. The topological polar surface area (TPSA) is 94.8 Å². The second-order valence-electron chi connectivity index (χ2n) is 2.79. The van der Waals surface area contributed by atoms with E-state index in [-0.39, 0.29) is 214 Å². The zero-order valence-corrected chi connectivity index (χ0v) is 26.4. The van der Waals surface area contributed by atoms with Gasteiger partial charge in [0.05, 0.1) is 5.56 Å². The third-order valence-corrected chi connectivity index (χ3v) is 1.80. The molecule has 0 saturated heterocycles. The van der Waals surface area contributed by atoms with Gasteiger partial charge < -0.3 is 21.0 Å². The van der Waals surface area contributed by atoms with Crippen molar-refractivity contribution < 1.29 is 192 Å². The van der Waals surface area contributed by atoms with Crippen LogP contribution in [0.1, 0.15) is 32.0 Å². The molecule has 0 aliphatic heterocycles. The van der Waals surface area contributed by atoms with Crippen LogP contribution in [-0.4, -0.2) is 27.3 Å². The Morgan fingerprint density at radius 3 is 1.65 bits per heavy atom. The Hall–Kier alpha value is 4.44. The maximum atomic E-state index is 10.6. The number of carboxylic acids is 2. The minimum Gasteiger partial charge on any atom is -1.00 e. The first-order valence-electron chi connectivity index (χ1n) is 3.73. The normalized spacial score (nSPS) is 6.85. The van der Waals surface area contributed by atoms with Gasteiger partial charge in [0.25, 0.3) is 0 Å². The van der Waals surface area contributed by atoms with E-state index < -0.39 is 23.3 Å². The SMILES string of the molecule is Br.Cc1cc(O)c(C(=O)O)cc1C(=O)O.I.[H-].[H-].[H-].[H-].[K+].[K+].[Na+].[Na+]. The third-order valence-electron chi connectivity index (χ3n) is 1.80. The molecule has 0 aromatic heterocycles. The van der Waals surface area contributed by atoms with Gasteiger partial charge in [-0.1, -0.05) is 0 Å². The Balaban J connectivity index is -0.0000000245. The number of carboxylic acid groups (broad SMARTS) is 2. The standard InChI is InChI=1S/C9H8O5.BrH.HI.2K.2Na.4H/c1-4-2-7(10)6(9(13)14)3-5(4)8(11)12;;;;;;;;;;/h2-3,10H,1H3,(H,11,12)(H,13,14);2*1H;;;;;;;;/q;;;4*+1;4*-1. The molecule has 0 atom stereocenters. The van der Waals surface area contributed by atoms with Gasteiger partial charge in [-0.25, -0.2) is 9.59 Å². The molecule has 0 spiro atoms. The van der Waals surface area contributed by atoms with Gasteiger partial charge in [0.2, 0.25) is 0 Å². The van der Waals surface area contributed by atoms with Crippen LogP contribution in [0.25, 0.3) is 0 Å². The molecular formula is C9H14BrIK2Na2O5. The molecule has 0 radical (unpaired) electrons. The van der Waals surface area contributed by atoms with E-state index >= 15 is 0 Å². The molecule has 0 saturated carbocycles. The second kappa shape index (κ2) is 19.8. The van der Waals surface area contributed by atoms with E-state index in [1.165, 1.54) is 6.92 Å². The van der Waals surface area contributed by atoms with Crippen molar-refractivity contribution >= 4 is 52.9 Å². The maximum Gasteiger partial charge on any atom is 1.00 e. The first-order valence-corrected chi connectivity index (χ1v) is 3.73. The van der Waals surface area contributed by atoms with E-state index in [4.69, 9.17) is 10.2 Å². The summed E-state index contributed by atoms with van der Waals surface area (Å²) in [5.74, 6) is -3.00. The van der Waals surface area contributed by atoms with Crippen LogP contribution in [0, 0.1) is 6.92 Å². The van der Waals surface area contributed by atoms with Crippen molar-refractivity contribution in [1.82, 2.24) is 0 Å². The Morgan fingerprint density at radius 1 is 1.00 bits per heavy atom. The summed E-state index contributed by atoms with van der Waals surface area (Å²) >= 11 is 0. The summed E-state index contributed by atoms with van der Waals surface area (Å²) in [5, 5.41) is 26.5. The molecule has 0 unspecified atom stereocenters. The van der Waals surface area contributed by atoms with E-state index in [0.29, 0.717) is 5.56 Å². The predicted molar refractivity (Wildman–Crippen MR) is 76.9 cm³/mol. The number of halogens is 2. The number of aryl methyl sites for hydroxylation is 1. The smallest absolute Gasteiger partial charge is 1.00 e. The Kier molecular flexibility index (Phi) is 39.0. The number of aromatic carboxylic acids is 2. The Morgan fingerprint density at radius 2 is 1.35 bits per heavy atom. The molecule has 5 nitrogen and oxygen atoms in total. The third kappa shape index (κ3) is 12.8. The van der Waals surface area contributed by atoms with Crippen molar-refractivity contribution in [2.24, 2.45) is 0 Å². The van der Waals surface area contributed by atoms with Crippen LogP contribution in [-0.2, 0) is 0 Å². The number of aromatic hydroxyl groups is 1. The molecule has 1 aromatic carbocycles. The average molecular weight is 533 g/mol. The summed E-state index contributed by atoms with van der Waals surface area (Å²) in [7, 11) is 0. The van der Waals surface area contributed by atoms with E-state index in [0.717, 1.165) is 12.1 Å². The quantitative estimate of drug-likeness (QED) is 0.260. The number of phenols is 1. The largest absolute Gasteiger partial charge is 1.00 e. The van der Waals surface area contributed by atoms with Crippen LogP contribution in [0.5, 0.6) is 5.75 Å². The number of carbonyl (C=O) groups is 2. The predicted octanol–water partition coefficient (Wildman–Crippen LogP) is -9.24. The molecule has 1 rings (SSSR count). The molecule has 20 heavy (non-hydrogen) atoms. The van der Waals surface area contributed by atoms with Crippen LogP contribution in [0.2, 0.25) is 0 Å². The van der Waals surface area contributed by atoms with E-state index in [1.54, 1.807) is 0 Å². The van der Waals surface area contributed by atoms with Crippen molar-refractivity contribution in [1.29, 1.82) is 0 Å². The number of hydrogen-bond donors (Lipinski definition) is 3. The zero-order valence-electron chi connectivity index (χ0n) is 16.1. The molecule has 0 heterocycles. The van der Waals surface area contributed by atoms with Crippen LogP contribution in [0.15, 0.2) is 12.1 Å². The van der Waals surface area contributed by atoms with Crippen molar-refractivity contribution in [3.63, 3.8) is 0 Å². The minimum absolute atomic E-state index is 0. The van der Waals surface area contributed by atoms with Crippen LogP contribution in [0.3, 0.4) is 0 Å². The monoisotopic (exact) mass is 532 g/mol. The zero-order chi connectivity index (χ0) is 10.9. The molecule has 0 fully saturated rings. The summed E-state index contributed by atoms with van der Waals surface area (Å²) in [6.45, 7) is 1.48. The van der Waals surface area contributed by atoms with Gasteiger partial charge in [0.15, 0.2) is 0 Å². The van der Waals surface area contributed by atoms with Gasteiger partial charge in [0.1, 0.15) is 11.3 Å².